The van der Waals surface area contributed by atoms with E-state index in [0.717, 1.165) is 19.4 Å². The minimum atomic E-state index is -3.50. The van der Waals surface area contributed by atoms with Crippen LogP contribution >= 0.6 is 0 Å². The van der Waals surface area contributed by atoms with Crippen molar-refractivity contribution in [1.29, 1.82) is 0 Å². The van der Waals surface area contributed by atoms with Gasteiger partial charge in [0.15, 0.2) is 0 Å². The normalized spacial score (nSPS) is 26.5. The molecule has 1 fully saturated rings. The highest BCUT2D eigenvalue weighted by Crippen LogP contribution is 2.20. The van der Waals surface area contributed by atoms with Crippen LogP contribution in [0.3, 0.4) is 0 Å². The van der Waals surface area contributed by atoms with Crippen LogP contribution in [0.2, 0.25) is 0 Å². The Morgan fingerprint density at radius 2 is 2.27 bits per heavy atom. The lowest BCUT2D eigenvalue weighted by Gasteiger charge is -2.34. The van der Waals surface area contributed by atoms with Crippen LogP contribution in [0.4, 0.5) is 0 Å². The molecule has 1 rings (SSSR count). The zero-order valence-corrected chi connectivity index (χ0v) is 10.3. The lowest BCUT2D eigenvalue weighted by molar-refractivity contribution is 0.225. The van der Waals surface area contributed by atoms with Crippen LogP contribution in [0.25, 0.3) is 0 Å². The molecule has 0 amide bonds. The smallest absolute Gasteiger partial charge is 0.276 e. The van der Waals surface area contributed by atoms with E-state index in [1.165, 1.54) is 4.31 Å². The van der Waals surface area contributed by atoms with Crippen molar-refractivity contribution in [3.05, 3.63) is 0 Å². The van der Waals surface area contributed by atoms with Gasteiger partial charge in [-0.2, -0.15) is 12.7 Å². The minimum absolute atomic E-state index is 0.347. The van der Waals surface area contributed by atoms with Gasteiger partial charge in [0.2, 0.25) is 0 Å². The number of rotatable bonds is 4. The molecule has 1 heterocycles. The number of piperidine rings is 1. The third-order valence-corrected chi connectivity index (χ3v) is 4.07. The molecule has 0 aromatic carbocycles. The molecule has 0 radical (unpaired) electrons. The third kappa shape index (κ3) is 3.71. The Labute approximate surface area is 92.2 Å². The van der Waals surface area contributed by atoms with Crippen molar-refractivity contribution < 1.29 is 8.42 Å². The van der Waals surface area contributed by atoms with Gasteiger partial charge in [-0.1, -0.05) is 6.92 Å². The van der Waals surface area contributed by atoms with E-state index in [1.54, 1.807) is 0 Å². The summed E-state index contributed by atoms with van der Waals surface area (Å²) in [6, 6.07) is 0.347. The van der Waals surface area contributed by atoms with Crippen LogP contribution < -0.4 is 10.5 Å². The van der Waals surface area contributed by atoms with E-state index in [0.29, 0.717) is 25.0 Å². The molecule has 1 aliphatic heterocycles. The van der Waals surface area contributed by atoms with E-state index in [9.17, 15) is 8.42 Å². The molecule has 0 aliphatic carbocycles. The van der Waals surface area contributed by atoms with Gasteiger partial charge in [0.25, 0.3) is 10.2 Å². The fraction of sp³-hybridized carbons (Fsp3) is 1.00. The first kappa shape index (κ1) is 12.9. The summed E-state index contributed by atoms with van der Waals surface area (Å²) in [5.41, 5.74) is 0. The zero-order chi connectivity index (χ0) is 11.5. The predicted octanol–water partition coefficient (Wildman–Crippen LogP) is -0.100. The van der Waals surface area contributed by atoms with Gasteiger partial charge in [-0.15, -0.1) is 0 Å². The second-order valence-corrected chi connectivity index (χ2v) is 5.70. The first-order valence-corrected chi connectivity index (χ1v) is 6.96. The van der Waals surface area contributed by atoms with E-state index in [4.69, 9.17) is 5.14 Å². The number of nitrogens with zero attached hydrogens (tertiary/aromatic N) is 1. The standard InChI is InChI=1S/C9H21N3O2S/c1-3-11-8(2)9-5-4-6-12(7-9)15(10,13)14/h8-9,11H,3-7H2,1-2H3,(H2,10,13,14). The van der Waals surface area contributed by atoms with E-state index in [-0.39, 0.29) is 0 Å². The van der Waals surface area contributed by atoms with Gasteiger partial charge in [-0.25, -0.2) is 5.14 Å². The lowest BCUT2D eigenvalue weighted by Crippen LogP contribution is -2.48. The van der Waals surface area contributed by atoms with Gasteiger partial charge in [0.1, 0.15) is 0 Å². The molecule has 6 heteroatoms. The molecule has 5 nitrogen and oxygen atoms in total. The molecule has 0 saturated carbocycles. The highest BCUT2D eigenvalue weighted by molar-refractivity contribution is 7.86. The van der Waals surface area contributed by atoms with Crippen LogP contribution in [-0.2, 0) is 10.2 Å². The molecule has 0 aromatic heterocycles. The average Bonchev–Trinajstić information content (AvgIpc) is 2.17. The monoisotopic (exact) mass is 235 g/mol. The molecule has 3 N–H and O–H groups in total. The van der Waals surface area contributed by atoms with Crippen molar-refractivity contribution in [3.8, 4) is 0 Å². The topological polar surface area (TPSA) is 75.4 Å². The van der Waals surface area contributed by atoms with Gasteiger partial charge in [0, 0.05) is 19.1 Å². The minimum Gasteiger partial charge on any atom is -0.314 e. The summed E-state index contributed by atoms with van der Waals surface area (Å²) in [4.78, 5) is 0. The Morgan fingerprint density at radius 1 is 1.60 bits per heavy atom. The van der Waals surface area contributed by atoms with Gasteiger partial charge in [0.05, 0.1) is 0 Å². The van der Waals surface area contributed by atoms with Crippen molar-refractivity contribution in [3.63, 3.8) is 0 Å². The van der Waals surface area contributed by atoms with Crippen LogP contribution in [0.5, 0.6) is 0 Å². The number of hydrogen-bond donors (Lipinski definition) is 2. The fourth-order valence-corrected chi connectivity index (χ4v) is 2.88. The molecule has 2 atom stereocenters. The largest absolute Gasteiger partial charge is 0.314 e. The molecule has 0 spiro atoms. The summed E-state index contributed by atoms with van der Waals surface area (Å²) in [7, 11) is -3.50. The summed E-state index contributed by atoms with van der Waals surface area (Å²) in [5.74, 6) is 0.372. The highest BCUT2D eigenvalue weighted by Gasteiger charge is 2.28. The lowest BCUT2D eigenvalue weighted by atomic mass is 9.93. The van der Waals surface area contributed by atoms with Crippen molar-refractivity contribution >= 4 is 10.2 Å². The molecule has 90 valence electrons. The second kappa shape index (κ2) is 5.25. The summed E-state index contributed by atoms with van der Waals surface area (Å²) < 4.78 is 23.8. The molecule has 2 unspecified atom stereocenters. The van der Waals surface area contributed by atoms with Crippen LogP contribution in [-0.4, -0.2) is 38.4 Å². The van der Waals surface area contributed by atoms with Crippen molar-refractivity contribution in [2.45, 2.75) is 32.7 Å². The highest BCUT2D eigenvalue weighted by atomic mass is 32.2. The summed E-state index contributed by atoms with van der Waals surface area (Å²) in [5, 5.41) is 8.45. The molecule has 0 bridgehead atoms. The van der Waals surface area contributed by atoms with Crippen molar-refractivity contribution in [2.75, 3.05) is 19.6 Å². The summed E-state index contributed by atoms with van der Waals surface area (Å²) >= 11 is 0. The van der Waals surface area contributed by atoms with Gasteiger partial charge >= 0.3 is 0 Å². The Bertz CT molecular complexity index is 292. The first-order valence-electron chi connectivity index (χ1n) is 5.46. The molecule has 0 aromatic rings. The second-order valence-electron chi connectivity index (χ2n) is 4.15. The molecular formula is C9H21N3O2S. The van der Waals surface area contributed by atoms with Crippen LogP contribution in [0, 0.1) is 5.92 Å². The maximum absolute atomic E-state index is 11.2. The molecule has 15 heavy (non-hydrogen) atoms. The summed E-state index contributed by atoms with van der Waals surface area (Å²) in [6.07, 6.45) is 1.97. The van der Waals surface area contributed by atoms with Crippen molar-refractivity contribution in [2.24, 2.45) is 11.1 Å². The zero-order valence-electron chi connectivity index (χ0n) is 9.44. The molecular weight excluding hydrogens is 214 g/mol. The van der Waals surface area contributed by atoms with Gasteiger partial charge < -0.3 is 5.32 Å². The summed E-state index contributed by atoms with van der Waals surface area (Å²) in [6.45, 7) is 6.17. The maximum atomic E-state index is 11.2. The Kier molecular flexibility index (Phi) is 4.51. The van der Waals surface area contributed by atoms with Crippen LogP contribution in [0.15, 0.2) is 0 Å². The fourth-order valence-electron chi connectivity index (χ4n) is 2.10. The molecule has 1 saturated heterocycles. The first-order chi connectivity index (χ1) is 6.95. The van der Waals surface area contributed by atoms with Crippen LogP contribution in [0.1, 0.15) is 26.7 Å². The number of hydrogen-bond acceptors (Lipinski definition) is 3. The van der Waals surface area contributed by atoms with Crippen molar-refractivity contribution in [1.82, 2.24) is 9.62 Å². The number of nitrogens with two attached hydrogens (primary N) is 1. The van der Waals surface area contributed by atoms with E-state index >= 15 is 0 Å². The quantitative estimate of drug-likeness (QED) is 0.714. The van der Waals surface area contributed by atoms with E-state index < -0.39 is 10.2 Å². The third-order valence-electron chi connectivity index (χ3n) is 3.01. The Morgan fingerprint density at radius 3 is 2.80 bits per heavy atom. The Balaban J connectivity index is 2.56. The van der Waals surface area contributed by atoms with Gasteiger partial charge in [-0.05, 0) is 32.2 Å². The number of nitrogens with one attached hydrogen (secondary N) is 1. The van der Waals surface area contributed by atoms with Gasteiger partial charge in [-0.3, -0.25) is 0 Å². The average molecular weight is 235 g/mol. The Hall–Kier alpha value is -0.170. The van der Waals surface area contributed by atoms with E-state index in [2.05, 4.69) is 19.2 Å². The molecule has 1 aliphatic rings. The maximum Gasteiger partial charge on any atom is 0.276 e. The SMILES string of the molecule is CCNC(C)C1CCCN(S(N)(=O)=O)C1. The van der Waals surface area contributed by atoms with E-state index in [1.807, 2.05) is 0 Å². The predicted molar refractivity (Wildman–Crippen MR) is 60.5 cm³/mol.